The van der Waals surface area contributed by atoms with E-state index >= 15 is 0 Å². The second-order valence-corrected chi connectivity index (χ2v) is 21.1. The fourth-order valence-electron chi connectivity index (χ4n) is 8.86. The number of allylic oxidation sites excluding steroid dienone is 4. The first-order chi connectivity index (χ1) is 35.2. The Balaban J connectivity index is 3.99. The van der Waals surface area contributed by atoms with Crippen molar-refractivity contribution in [2.24, 2.45) is 5.92 Å². The summed E-state index contributed by atoms with van der Waals surface area (Å²) in [7, 11) is 4.04. The van der Waals surface area contributed by atoms with Gasteiger partial charge in [-0.3, -0.25) is 19.2 Å². The smallest absolute Gasteiger partial charge is 0.307 e. The van der Waals surface area contributed by atoms with Crippen LogP contribution in [0.5, 0.6) is 0 Å². The summed E-state index contributed by atoms with van der Waals surface area (Å²) in [5.74, 6) is -0.0679. The van der Waals surface area contributed by atoms with Crippen molar-refractivity contribution in [3.63, 3.8) is 0 Å². The highest BCUT2D eigenvalue weighted by Crippen LogP contribution is 2.21. The maximum Gasteiger partial charge on any atom is 0.307 e. The van der Waals surface area contributed by atoms with Crippen molar-refractivity contribution in [2.75, 3.05) is 66.7 Å². The molecule has 0 aromatic carbocycles. The third kappa shape index (κ3) is 53.6. The molecule has 10 heteroatoms. The van der Waals surface area contributed by atoms with E-state index in [0.29, 0.717) is 58.3 Å². The third-order valence-electron chi connectivity index (χ3n) is 13.7. The average Bonchev–Trinajstić information content (AvgIpc) is 3.37. The molecule has 0 N–H and O–H groups in total. The monoisotopic (exact) mass is 1020 g/mol. The predicted octanol–water partition coefficient (Wildman–Crippen LogP) is 16.4. The van der Waals surface area contributed by atoms with E-state index in [1.807, 2.05) is 14.1 Å². The standard InChI is InChI=1S/C62H116N2O8/c1-6-9-12-15-18-19-20-21-22-23-24-25-26-27-34-41-54-69-59(65)46-39-32-28-35-42-55-70-61(67)48-50-64(53-52-63(4)5)51-49-62(68)71-56-43-36-29-33-40-47-60(66)72-57-58(44-37-30-16-13-10-7-2)45-38-31-17-14-11-8-3/h18-19,21-22,58H,6-17,20,23-57H2,1-5H3/b19-18-,22-21-. The fraction of sp³-hybridized carbons (Fsp3) is 0.871. The van der Waals surface area contributed by atoms with Gasteiger partial charge >= 0.3 is 23.9 Å². The van der Waals surface area contributed by atoms with Crippen LogP contribution in [0.4, 0.5) is 0 Å². The minimum absolute atomic E-state index is 0.0560. The Morgan fingerprint density at radius 1 is 0.361 bits per heavy atom. The second kappa shape index (κ2) is 56.0. The quantitative estimate of drug-likeness (QED) is 0.0253. The van der Waals surface area contributed by atoms with Crippen LogP contribution < -0.4 is 0 Å². The maximum absolute atomic E-state index is 12.6. The number of hydrogen-bond acceptors (Lipinski definition) is 10. The summed E-state index contributed by atoms with van der Waals surface area (Å²) >= 11 is 0. The zero-order valence-electron chi connectivity index (χ0n) is 48.0. The zero-order chi connectivity index (χ0) is 52.6. The largest absolute Gasteiger partial charge is 0.466 e. The van der Waals surface area contributed by atoms with Gasteiger partial charge in [-0.05, 0) is 97.1 Å². The van der Waals surface area contributed by atoms with Crippen LogP contribution >= 0.6 is 0 Å². The third-order valence-corrected chi connectivity index (χ3v) is 13.7. The number of carbonyl (C=O) groups is 4. The topological polar surface area (TPSA) is 112 Å². The summed E-state index contributed by atoms with van der Waals surface area (Å²) in [5, 5.41) is 0. The van der Waals surface area contributed by atoms with E-state index in [4.69, 9.17) is 18.9 Å². The Morgan fingerprint density at radius 2 is 0.708 bits per heavy atom. The molecule has 0 aliphatic carbocycles. The minimum Gasteiger partial charge on any atom is -0.466 e. The molecule has 0 spiro atoms. The first kappa shape index (κ1) is 69.3. The lowest BCUT2D eigenvalue weighted by atomic mass is 9.94. The molecule has 0 radical (unpaired) electrons. The van der Waals surface area contributed by atoms with Crippen LogP contribution in [0.2, 0.25) is 0 Å². The molecule has 0 aliphatic rings. The first-order valence-corrected chi connectivity index (χ1v) is 30.5. The van der Waals surface area contributed by atoms with Crippen molar-refractivity contribution >= 4 is 23.9 Å². The van der Waals surface area contributed by atoms with Crippen LogP contribution in [0.1, 0.15) is 278 Å². The molecule has 422 valence electrons. The van der Waals surface area contributed by atoms with E-state index < -0.39 is 0 Å². The Morgan fingerprint density at radius 3 is 1.15 bits per heavy atom. The number of nitrogens with zero attached hydrogens (tertiary/aromatic N) is 2. The van der Waals surface area contributed by atoms with Gasteiger partial charge in [0.05, 0.1) is 39.3 Å². The number of likely N-dealkylation sites (N-methyl/N-ethyl adjacent to an activating group) is 1. The van der Waals surface area contributed by atoms with E-state index in [2.05, 4.69) is 54.9 Å². The van der Waals surface area contributed by atoms with Crippen LogP contribution in [0.3, 0.4) is 0 Å². The van der Waals surface area contributed by atoms with Gasteiger partial charge in [0.25, 0.3) is 0 Å². The molecule has 0 saturated carbocycles. The Bertz CT molecular complexity index is 1260. The number of hydrogen-bond donors (Lipinski definition) is 0. The highest BCUT2D eigenvalue weighted by Gasteiger charge is 2.15. The molecule has 0 amide bonds. The van der Waals surface area contributed by atoms with Crippen LogP contribution in [-0.4, -0.2) is 100 Å². The fourth-order valence-corrected chi connectivity index (χ4v) is 8.86. The number of carbonyl (C=O) groups excluding carboxylic acids is 4. The molecule has 0 bridgehead atoms. The molecule has 0 aliphatic heterocycles. The van der Waals surface area contributed by atoms with Crippen LogP contribution in [0.15, 0.2) is 24.3 Å². The number of unbranched alkanes of at least 4 members (excludes halogenated alkanes) is 27. The first-order valence-electron chi connectivity index (χ1n) is 30.5. The molecule has 0 rings (SSSR count). The van der Waals surface area contributed by atoms with Gasteiger partial charge in [-0.25, -0.2) is 0 Å². The molecule has 72 heavy (non-hydrogen) atoms. The molecule has 0 aromatic rings. The maximum atomic E-state index is 12.6. The van der Waals surface area contributed by atoms with Crippen molar-refractivity contribution < 1.29 is 38.1 Å². The van der Waals surface area contributed by atoms with Crippen molar-refractivity contribution in [1.29, 1.82) is 0 Å². The second-order valence-electron chi connectivity index (χ2n) is 21.1. The van der Waals surface area contributed by atoms with E-state index in [0.717, 1.165) is 96.6 Å². The number of rotatable bonds is 56. The SMILES string of the molecule is CCCCC/C=C\C/C=C\CCCCCCCCOC(=O)CCCCCCCOC(=O)CCN(CCC(=O)OCCCCCCCC(=O)OCC(CCCCCCCC)CCCCCCCC)CCN(C)C. The Hall–Kier alpha value is -2.72. The molecular weight excluding hydrogens is 901 g/mol. The normalized spacial score (nSPS) is 11.8. The summed E-state index contributed by atoms with van der Waals surface area (Å²) in [6.45, 7) is 11.4. The van der Waals surface area contributed by atoms with Gasteiger partial charge in [-0.2, -0.15) is 0 Å². The molecule has 0 fully saturated rings. The van der Waals surface area contributed by atoms with Gasteiger partial charge in [0.2, 0.25) is 0 Å². The predicted molar refractivity (Wildman–Crippen MR) is 302 cm³/mol. The summed E-state index contributed by atoms with van der Waals surface area (Å²) in [6, 6.07) is 0. The molecule has 0 atom stereocenters. The van der Waals surface area contributed by atoms with Crippen LogP contribution in [0, 0.1) is 5.92 Å². The van der Waals surface area contributed by atoms with E-state index in [-0.39, 0.29) is 36.7 Å². The summed E-state index contributed by atoms with van der Waals surface area (Å²) in [5.41, 5.74) is 0. The highest BCUT2D eigenvalue weighted by atomic mass is 16.5. The molecule has 0 aromatic heterocycles. The van der Waals surface area contributed by atoms with Crippen molar-refractivity contribution in [3.05, 3.63) is 24.3 Å². The van der Waals surface area contributed by atoms with Gasteiger partial charge in [-0.15, -0.1) is 0 Å². The summed E-state index contributed by atoms with van der Waals surface area (Å²) in [4.78, 5) is 54.1. The van der Waals surface area contributed by atoms with E-state index in [1.165, 1.54) is 148 Å². The van der Waals surface area contributed by atoms with Gasteiger partial charge in [0.1, 0.15) is 0 Å². The van der Waals surface area contributed by atoms with E-state index in [9.17, 15) is 19.2 Å². The highest BCUT2D eigenvalue weighted by molar-refractivity contribution is 5.70. The molecule has 0 saturated heterocycles. The van der Waals surface area contributed by atoms with Gasteiger partial charge in [0, 0.05) is 39.0 Å². The number of ether oxygens (including phenoxy) is 4. The van der Waals surface area contributed by atoms with E-state index in [1.54, 1.807) is 0 Å². The summed E-state index contributed by atoms with van der Waals surface area (Å²) in [6.07, 6.45) is 52.3. The van der Waals surface area contributed by atoms with Crippen molar-refractivity contribution in [1.82, 2.24) is 9.80 Å². The molecule has 0 heterocycles. The summed E-state index contributed by atoms with van der Waals surface area (Å²) < 4.78 is 22.3. The lowest BCUT2D eigenvalue weighted by Crippen LogP contribution is -2.35. The van der Waals surface area contributed by atoms with Crippen molar-refractivity contribution in [2.45, 2.75) is 278 Å². The molecule has 0 unspecified atom stereocenters. The van der Waals surface area contributed by atoms with Crippen LogP contribution in [-0.2, 0) is 38.1 Å². The minimum atomic E-state index is -0.210. The molecule has 10 nitrogen and oxygen atoms in total. The number of esters is 4. The lowest BCUT2D eigenvalue weighted by molar-refractivity contribution is -0.146. The van der Waals surface area contributed by atoms with Gasteiger partial charge < -0.3 is 28.7 Å². The molecular formula is C62H116N2O8. The Kier molecular flexibility index (Phi) is 53.9. The Labute approximate surface area is 444 Å². The van der Waals surface area contributed by atoms with Gasteiger partial charge in [-0.1, -0.05) is 199 Å². The van der Waals surface area contributed by atoms with Crippen LogP contribution in [0.25, 0.3) is 0 Å². The average molecular weight is 1020 g/mol. The zero-order valence-corrected chi connectivity index (χ0v) is 48.0. The lowest BCUT2D eigenvalue weighted by Gasteiger charge is -2.23. The van der Waals surface area contributed by atoms with Crippen molar-refractivity contribution in [3.8, 4) is 0 Å². The van der Waals surface area contributed by atoms with Gasteiger partial charge in [0.15, 0.2) is 0 Å².